The van der Waals surface area contributed by atoms with Gasteiger partial charge in [0.05, 0.1) is 12.6 Å². The molecule has 0 saturated heterocycles. The summed E-state index contributed by atoms with van der Waals surface area (Å²) in [7, 11) is -2.71. The summed E-state index contributed by atoms with van der Waals surface area (Å²) in [6.45, 7) is 1.49. The summed E-state index contributed by atoms with van der Waals surface area (Å²) in [5.74, 6) is -1.07. The molecule has 0 unspecified atom stereocenters. The smallest absolute Gasteiger partial charge is 0.358 e. The number of hydrogen-bond donors (Lipinski definition) is 2. The number of aromatic nitrogens is 1. The van der Waals surface area contributed by atoms with Crippen LogP contribution in [0.3, 0.4) is 0 Å². The van der Waals surface area contributed by atoms with E-state index in [9.17, 15) is 18.0 Å². The topological polar surface area (TPSA) is 114 Å². The number of ether oxygens (including phenoxy) is 1. The van der Waals surface area contributed by atoms with Gasteiger partial charge < -0.3 is 10.1 Å². The average molecular weight is 307 g/mol. The molecule has 8 nitrogen and oxygen atoms in total. The van der Waals surface area contributed by atoms with Crippen LogP contribution in [-0.4, -0.2) is 45.5 Å². The molecule has 0 fully saturated rings. The van der Waals surface area contributed by atoms with Gasteiger partial charge in [0.25, 0.3) is 10.0 Å². The first kappa shape index (κ1) is 15.5. The molecule has 106 valence electrons. The fourth-order valence-electron chi connectivity index (χ4n) is 1.15. The SMILES string of the molecule is COC(=O)c1ncsc1S(=O)(=O)NCCNC(C)=O. The van der Waals surface area contributed by atoms with Crippen molar-refractivity contribution >= 4 is 33.2 Å². The minimum atomic E-state index is -3.85. The predicted octanol–water partition coefficient (Wildman–Crippen LogP) is -0.656. The summed E-state index contributed by atoms with van der Waals surface area (Å²) in [6, 6.07) is 0. The number of methoxy groups -OCH3 is 1. The van der Waals surface area contributed by atoms with Gasteiger partial charge in [-0.15, -0.1) is 11.3 Å². The highest BCUT2D eigenvalue weighted by Gasteiger charge is 2.25. The Kier molecular flexibility index (Phi) is 5.39. The van der Waals surface area contributed by atoms with Crippen molar-refractivity contribution in [3.8, 4) is 0 Å². The molecular formula is C9H13N3O5S2. The van der Waals surface area contributed by atoms with E-state index in [-0.39, 0.29) is 28.9 Å². The molecule has 0 aromatic carbocycles. The minimum absolute atomic E-state index is 0.0143. The van der Waals surface area contributed by atoms with Crippen molar-refractivity contribution in [2.75, 3.05) is 20.2 Å². The van der Waals surface area contributed by atoms with Gasteiger partial charge in [-0.3, -0.25) is 4.79 Å². The zero-order valence-electron chi connectivity index (χ0n) is 10.3. The monoisotopic (exact) mass is 307 g/mol. The first-order valence-electron chi connectivity index (χ1n) is 5.14. The number of rotatable bonds is 6. The third kappa shape index (κ3) is 4.26. The van der Waals surface area contributed by atoms with Crippen molar-refractivity contribution in [1.82, 2.24) is 15.0 Å². The molecule has 1 amide bonds. The van der Waals surface area contributed by atoms with Gasteiger partial charge in [0.15, 0.2) is 9.90 Å². The Morgan fingerprint density at radius 1 is 1.42 bits per heavy atom. The molecule has 0 aliphatic carbocycles. The highest BCUT2D eigenvalue weighted by Crippen LogP contribution is 2.20. The molecule has 1 rings (SSSR count). The van der Waals surface area contributed by atoms with E-state index in [1.807, 2.05) is 0 Å². The van der Waals surface area contributed by atoms with Crippen LogP contribution in [-0.2, 0) is 19.6 Å². The highest BCUT2D eigenvalue weighted by molar-refractivity contribution is 7.91. The van der Waals surface area contributed by atoms with Crippen LogP contribution in [0, 0.1) is 0 Å². The summed E-state index contributed by atoms with van der Waals surface area (Å²) < 4.78 is 30.3. The molecule has 1 aromatic heterocycles. The third-order valence-electron chi connectivity index (χ3n) is 1.95. The Labute approximate surface area is 114 Å². The Morgan fingerprint density at radius 2 is 2.11 bits per heavy atom. The number of amides is 1. The van der Waals surface area contributed by atoms with Crippen LogP contribution < -0.4 is 10.0 Å². The number of thiazole rings is 1. The fourth-order valence-corrected chi connectivity index (χ4v) is 3.35. The summed E-state index contributed by atoms with van der Waals surface area (Å²) in [4.78, 5) is 25.6. The van der Waals surface area contributed by atoms with Gasteiger partial charge >= 0.3 is 5.97 Å². The zero-order chi connectivity index (χ0) is 14.5. The normalized spacial score (nSPS) is 11.1. The Bertz CT molecular complexity index is 566. The maximum Gasteiger partial charge on any atom is 0.358 e. The van der Waals surface area contributed by atoms with Crippen molar-refractivity contribution in [3.05, 3.63) is 11.2 Å². The molecule has 0 spiro atoms. The summed E-state index contributed by atoms with van der Waals surface area (Å²) >= 11 is 0.815. The van der Waals surface area contributed by atoms with Crippen LogP contribution in [0.1, 0.15) is 17.4 Å². The van der Waals surface area contributed by atoms with Crippen LogP contribution in [0.25, 0.3) is 0 Å². The maximum atomic E-state index is 11.9. The van der Waals surface area contributed by atoms with Crippen molar-refractivity contribution in [1.29, 1.82) is 0 Å². The lowest BCUT2D eigenvalue weighted by molar-refractivity contribution is -0.118. The van der Waals surface area contributed by atoms with Gasteiger partial charge in [0.1, 0.15) is 0 Å². The summed E-state index contributed by atoms with van der Waals surface area (Å²) in [6.07, 6.45) is 0. The Morgan fingerprint density at radius 3 is 2.68 bits per heavy atom. The van der Waals surface area contributed by atoms with Crippen molar-refractivity contribution in [2.24, 2.45) is 0 Å². The van der Waals surface area contributed by atoms with Crippen LogP contribution in [0.15, 0.2) is 9.72 Å². The van der Waals surface area contributed by atoms with Crippen LogP contribution in [0.4, 0.5) is 0 Å². The van der Waals surface area contributed by atoms with E-state index in [0.717, 1.165) is 18.4 Å². The van der Waals surface area contributed by atoms with E-state index < -0.39 is 16.0 Å². The van der Waals surface area contributed by atoms with E-state index in [1.165, 1.54) is 12.4 Å². The molecule has 0 aliphatic rings. The Balaban J connectivity index is 2.75. The van der Waals surface area contributed by atoms with Gasteiger partial charge in [-0.25, -0.2) is 22.9 Å². The second-order valence-electron chi connectivity index (χ2n) is 3.36. The molecule has 1 heterocycles. The molecule has 2 N–H and O–H groups in total. The molecule has 1 aromatic rings. The van der Waals surface area contributed by atoms with E-state index in [0.29, 0.717) is 0 Å². The van der Waals surface area contributed by atoms with Gasteiger partial charge in [-0.2, -0.15) is 0 Å². The Hall–Kier alpha value is -1.52. The number of sulfonamides is 1. The van der Waals surface area contributed by atoms with Gasteiger partial charge in [-0.05, 0) is 0 Å². The van der Waals surface area contributed by atoms with E-state index in [2.05, 4.69) is 19.8 Å². The lowest BCUT2D eigenvalue weighted by atomic mass is 10.5. The number of nitrogens with one attached hydrogen (secondary N) is 2. The third-order valence-corrected chi connectivity index (χ3v) is 4.78. The first-order valence-corrected chi connectivity index (χ1v) is 7.50. The molecule has 10 heteroatoms. The molecule has 19 heavy (non-hydrogen) atoms. The van der Waals surface area contributed by atoms with Gasteiger partial charge in [0.2, 0.25) is 5.91 Å². The molecule has 0 radical (unpaired) electrons. The number of hydrogen-bond acceptors (Lipinski definition) is 7. The summed E-state index contributed by atoms with van der Waals surface area (Å²) in [5.41, 5.74) is 0.994. The number of nitrogens with zero attached hydrogens (tertiary/aromatic N) is 1. The maximum absolute atomic E-state index is 11.9. The first-order chi connectivity index (χ1) is 8.88. The van der Waals surface area contributed by atoms with Crippen LogP contribution >= 0.6 is 11.3 Å². The van der Waals surface area contributed by atoms with Crippen molar-refractivity contribution in [3.63, 3.8) is 0 Å². The molecule has 0 bridgehead atoms. The molecular weight excluding hydrogens is 294 g/mol. The van der Waals surface area contributed by atoms with Crippen molar-refractivity contribution < 1.29 is 22.7 Å². The lowest BCUT2D eigenvalue weighted by Gasteiger charge is -2.06. The number of esters is 1. The number of carbonyl (C=O) groups is 2. The summed E-state index contributed by atoms with van der Waals surface area (Å²) in [5, 5.41) is 2.44. The minimum Gasteiger partial charge on any atom is -0.464 e. The van der Waals surface area contributed by atoms with Crippen LogP contribution in [0.2, 0.25) is 0 Å². The van der Waals surface area contributed by atoms with Crippen molar-refractivity contribution in [2.45, 2.75) is 11.1 Å². The largest absolute Gasteiger partial charge is 0.464 e. The second-order valence-corrected chi connectivity index (χ2v) is 6.18. The van der Waals surface area contributed by atoms with E-state index >= 15 is 0 Å². The predicted molar refractivity (Wildman–Crippen MR) is 67.3 cm³/mol. The fraction of sp³-hybridized carbons (Fsp3) is 0.444. The van der Waals surface area contributed by atoms with Gasteiger partial charge in [-0.1, -0.05) is 0 Å². The standard InChI is InChI=1S/C9H13N3O5S2/c1-6(13)10-3-4-12-19(15,16)9-7(8(14)17-2)11-5-18-9/h5,12H,3-4H2,1-2H3,(H,10,13). The quantitative estimate of drug-likeness (QED) is 0.533. The second kappa shape index (κ2) is 6.59. The van der Waals surface area contributed by atoms with E-state index in [4.69, 9.17) is 0 Å². The van der Waals surface area contributed by atoms with Crippen LogP contribution in [0.5, 0.6) is 0 Å². The average Bonchev–Trinajstić information content (AvgIpc) is 2.83. The lowest BCUT2D eigenvalue weighted by Crippen LogP contribution is -2.33. The number of carbonyl (C=O) groups excluding carboxylic acids is 2. The molecule has 0 saturated carbocycles. The molecule has 0 aliphatic heterocycles. The van der Waals surface area contributed by atoms with E-state index in [1.54, 1.807) is 0 Å². The highest BCUT2D eigenvalue weighted by atomic mass is 32.2. The molecule has 0 atom stereocenters. The zero-order valence-corrected chi connectivity index (χ0v) is 11.9. The van der Waals surface area contributed by atoms with Gasteiger partial charge in [0, 0.05) is 20.0 Å².